The molecule has 0 aliphatic heterocycles. The molecule has 396 valence electrons. The standard InChI is InChI=1S/2C11H23N.C10H21N.C9H19N.C8H16.C7H14.C6H12/c1-10(2)12(6)9-7-8-11(3,4)5;1-6-12(7-2)10-8-9-11(3,4)5;1-6-11(5)9-7-8-10(2,3)4;1-9(2,3)7-6-8-10(4)5;1-7(2)6-8(3,4)5;1-5-6-7(2,3)4;1-5-6(2,3)4/h7-8,10H,9H2,1-6H3;8-9H,6-7,10H2,1-5H3;7-8H,6,9H2,1-5H3;6-7H,8H2,1-5H3;6H,1-5H3;5-6H,1-4H3;5H,1H2,2-4H3/b8-7+;9-8+;8-7+;7-6+;;6-5+;. The van der Waals surface area contributed by atoms with E-state index in [1.54, 1.807) is 0 Å². The van der Waals surface area contributed by atoms with Crippen molar-refractivity contribution in [3.8, 4) is 0 Å². The predicted octanol–water partition coefficient (Wildman–Crippen LogP) is 18.4. The number of likely N-dealkylation sites (N-methyl/N-ethyl adjacent to an activating group) is 4. The Kier molecular flexibility index (Phi) is 48.4. The van der Waals surface area contributed by atoms with Crippen molar-refractivity contribution >= 4 is 0 Å². The summed E-state index contributed by atoms with van der Waals surface area (Å²) in [6.07, 6.45) is 26.5. The number of hydrogen-bond donors (Lipinski definition) is 0. The highest BCUT2D eigenvalue weighted by Gasteiger charge is 2.07. The SMILES string of the molecule is C/C=C/C(C)(C)C.C=CC(C)(C)C.CC(C)=CC(C)(C)C.CC(C)N(C)C/C=C/C(C)(C)C.CCN(C)C/C=C/C(C)(C)C.CCN(CC)C/C=C/C(C)(C)C.CN(C)C/C=C/C(C)(C)C. The van der Waals surface area contributed by atoms with Crippen LogP contribution in [-0.4, -0.2) is 99.6 Å². The average Bonchev–Trinajstić information content (AvgIpc) is 3.07. The molecular formula is C62H128N4. The van der Waals surface area contributed by atoms with E-state index in [-0.39, 0.29) is 0 Å². The van der Waals surface area contributed by atoms with Crippen LogP contribution in [0.4, 0.5) is 0 Å². The van der Waals surface area contributed by atoms with Gasteiger partial charge in [-0.2, -0.15) is 0 Å². The first-order valence-electron chi connectivity index (χ1n) is 25.6. The molecule has 0 aliphatic carbocycles. The first-order valence-corrected chi connectivity index (χ1v) is 25.6. The summed E-state index contributed by atoms with van der Waals surface area (Å²) < 4.78 is 0. The Labute approximate surface area is 421 Å². The van der Waals surface area contributed by atoms with Gasteiger partial charge in [0.1, 0.15) is 0 Å². The van der Waals surface area contributed by atoms with Crippen molar-refractivity contribution in [1.29, 1.82) is 0 Å². The van der Waals surface area contributed by atoms with Gasteiger partial charge in [0.15, 0.2) is 0 Å². The predicted molar refractivity (Wildman–Crippen MR) is 314 cm³/mol. The third-order valence-corrected chi connectivity index (χ3v) is 8.43. The summed E-state index contributed by atoms with van der Waals surface area (Å²) in [4.78, 5) is 9.16. The molecular weight excluding hydrogens is 801 g/mol. The van der Waals surface area contributed by atoms with Gasteiger partial charge in [-0.05, 0) is 120 Å². The van der Waals surface area contributed by atoms with E-state index in [4.69, 9.17) is 0 Å². The molecule has 0 heterocycles. The summed E-state index contributed by atoms with van der Waals surface area (Å²) in [7, 11) is 8.44. The second-order valence-electron chi connectivity index (χ2n) is 26.2. The van der Waals surface area contributed by atoms with Crippen LogP contribution >= 0.6 is 0 Å². The summed E-state index contributed by atoms with van der Waals surface area (Å²) >= 11 is 0. The molecule has 4 nitrogen and oxygen atoms in total. The highest BCUT2D eigenvalue weighted by Crippen LogP contribution is 2.18. The zero-order valence-electron chi connectivity index (χ0n) is 52.0. The van der Waals surface area contributed by atoms with Crippen molar-refractivity contribution in [2.75, 3.05) is 74.0 Å². The average molecular weight is 930 g/mol. The third-order valence-electron chi connectivity index (χ3n) is 8.43. The Morgan fingerprint density at radius 3 is 0.924 bits per heavy atom. The summed E-state index contributed by atoms with van der Waals surface area (Å²) in [5, 5.41) is 0. The Morgan fingerprint density at radius 1 is 0.439 bits per heavy atom. The van der Waals surface area contributed by atoms with E-state index in [0.29, 0.717) is 43.9 Å². The second kappa shape index (κ2) is 40.9. The smallest absolute Gasteiger partial charge is 0.0163 e. The molecule has 4 heteroatoms. The second-order valence-corrected chi connectivity index (χ2v) is 26.2. The van der Waals surface area contributed by atoms with Crippen LogP contribution in [0.15, 0.2) is 85.1 Å². The Bertz CT molecular complexity index is 1220. The minimum Gasteiger partial charge on any atom is -0.306 e. The van der Waals surface area contributed by atoms with Crippen molar-refractivity contribution in [3.63, 3.8) is 0 Å². The normalized spacial score (nSPS) is 12.9. The molecule has 0 atom stereocenters. The maximum absolute atomic E-state index is 3.63. The Balaban J connectivity index is -0.000000125. The van der Waals surface area contributed by atoms with E-state index < -0.39 is 0 Å². The molecule has 0 radical (unpaired) electrons. The topological polar surface area (TPSA) is 13.0 Å². The van der Waals surface area contributed by atoms with Crippen LogP contribution in [0.1, 0.15) is 201 Å². The van der Waals surface area contributed by atoms with Crippen LogP contribution in [-0.2, 0) is 0 Å². The monoisotopic (exact) mass is 929 g/mol. The van der Waals surface area contributed by atoms with Gasteiger partial charge in [-0.15, -0.1) is 6.58 Å². The molecule has 0 saturated heterocycles. The molecule has 0 saturated carbocycles. The minimum atomic E-state index is 0.306. The fourth-order valence-corrected chi connectivity index (χ4v) is 4.52. The molecule has 0 amide bonds. The quantitative estimate of drug-likeness (QED) is 0.181. The van der Waals surface area contributed by atoms with E-state index in [0.717, 1.165) is 45.8 Å². The van der Waals surface area contributed by atoms with Gasteiger partial charge in [-0.25, -0.2) is 0 Å². The van der Waals surface area contributed by atoms with Crippen molar-refractivity contribution in [2.24, 2.45) is 37.9 Å². The number of hydrogen-bond acceptors (Lipinski definition) is 4. The summed E-state index contributed by atoms with van der Waals surface area (Å²) in [5.41, 5.74) is 3.74. The molecule has 0 aromatic heterocycles. The molecule has 0 bridgehead atoms. The lowest BCUT2D eigenvalue weighted by Gasteiger charge is -2.19. The van der Waals surface area contributed by atoms with Crippen molar-refractivity contribution in [1.82, 2.24) is 19.6 Å². The van der Waals surface area contributed by atoms with Crippen LogP contribution in [0.5, 0.6) is 0 Å². The lowest BCUT2D eigenvalue weighted by molar-refractivity contribution is 0.302. The van der Waals surface area contributed by atoms with Crippen LogP contribution in [0.3, 0.4) is 0 Å². The van der Waals surface area contributed by atoms with Gasteiger partial charge in [0.05, 0.1) is 0 Å². The number of rotatable bonds is 12. The van der Waals surface area contributed by atoms with Gasteiger partial charge in [-0.1, -0.05) is 245 Å². The first kappa shape index (κ1) is 78.2. The molecule has 66 heavy (non-hydrogen) atoms. The zero-order valence-corrected chi connectivity index (χ0v) is 52.0. The van der Waals surface area contributed by atoms with Crippen LogP contribution in [0.25, 0.3) is 0 Å². The van der Waals surface area contributed by atoms with E-state index in [2.05, 4.69) is 315 Å². The van der Waals surface area contributed by atoms with Gasteiger partial charge in [0.2, 0.25) is 0 Å². The largest absolute Gasteiger partial charge is 0.306 e. The number of allylic oxidation sites excluding steroid dienone is 9. The molecule has 0 spiro atoms. The van der Waals surface area contributed by atoms with Crippen LogP contribution in [0.2, 0.25) is 0 Å². The van der Waals surface area contributed by atoms with Gasteiger partial charge >= 0.3 is 0 Å². The molecule has 0 unspecified atom stereocenters. The molecule has 0 N–H and O–H groups in total. The maximum Gasteiger partial charge on any atom is 0.0163 e. The summed E-state index contributed by atoms with van der Waals surface area (Å²) in [6.45, 7) is 74.8. The molecule has 0 aromatic rings. The van der Waals surface area contributed by atoms with Crippen molar-refractivity contribution < 1.29 is 0 Å². The van der Waals surface area contributed by atoms with Crippen LogP contribution < -0.4 is 0 Å². The molecule has 0 rings (SSSR count). The fraction of sp³-hybridized carbons (Fsp3) is 0.774. The highest BCUT2D eigenvalue weighted by molar-refractivity contribution is 5.00. The molecule has 0 aliphatic rings. The maximum atomic E-state index is 3.63. The minimum absolute atomic E-state index is 0.306. The van der Waals surface area contributed by atoms with Gasteiger partial charge in [0, 0.05) is 32.2 Å². The van der Waals surface area contributed by atoms with Gasteiger partial charge in [0.25, 0.3) is 0 Å². The van der Waals surface area contributed by atoms with Crippen molar-refractivity contribution in [2.45, 2.75) is 207 Å². The van der Waals surface area contributed by atoms with Gasteiger partial charge < -0.3 is 19.6 Å². The number of nitrogens with zero attached hydrogens (tertiary/aromatic N) is 4. The first-order chi connectivity index (χ1) is 29.2. The highest BCUT2D eigenvalue weighted by atomic mass is 15.1. The van der Waals surface area contributed by atoms with E-state index in [1.807, 2.05) is 13.0 Å². The van der Waals surface area contributed by atoms with E-state index >= 15 is 0 Å². The lowest BCUT2D eigenvalue weighted by Crippen LogP contribution is -2.26. The fourth-order valence-electron chi connectivity index (χ4n) is 4.52. The summed E-state index contributed by atoms with van der Waals surface area (Å²) in [5.74, 6) is 0. The zero-order chi connectivity index (χ0) is 54.4. The Hall–Kier alpha value is -1.98. The molecule has 0 aromatic carbocycles. The lowest BCUT2D eigenvalue weighted by atomic mass is 9.94. The van der Waals surface area contributed by atoms with Gasteiger partial charge in [-0.3, -0.25) is 0 Å². The summed E-state index contributed by atoms with van der Waals surface area (Å²) in [6, 6.07) is 0.634. The van der Waals surface area contributed by atoms with Crippen LogP contribution in [0, 0.1) is 37.9 Å². The molecule has 0 fully saturated rings. The van der Waals surface area contributed by atoms with E-state index in [9.17, 15) is 0 Å². The Morgan fingerprint density at radius 2 is 0.742 bits per heavy atom. The van der Waals surface area contributed by atoms with Crippen molar-refractivity contribution in [3.05, 3.63) is 85.1 Å². The third kappa shape index (κ3) is 100. The van der Waals surface area contributed by atoms with E-state index in [1.165, 1.54) is 5.57 Å².